The molecule has 1 rings (SSSR count). The van der Waals surface area contributed by atoms with Gasteiger partial charge >= 0.3 is 0 Å². The Balaban J connectivity index is 2.19. The molecule has 0 bridgehead atoms. The largest absolute Gasteiger partial charge is 0.368 e. The van der Waals surface area contributed by atoms with Gasteiger partial charge in [-0.2, -0.15) is 0 Å². The van der Waals surface area contributed by atoms with Gasteiger partial charge in [0, 0.05) is 32.7 Å². The van der Waals surface area contributed by atoms with E-state index in [1.165, 1.54) is 13.0 Å². The first-order valence-electron chi connectivity index (χ1n) is 6.58. The van der Waals surface area contributed by atoms with E-state index in [-0.39, 0.29) is 11.9 Å². The minimum absolute atomic E-state index is 0.191. The molecule has 1 aliphatic heterocycles. The van der Waals surface area contributed by atoms with Crippen LogP contribution in [0.25, 0.3) is 0 Å². The van der Waals surface area contributed by atoms with E-state index in [2.05, 4.69) is 22.0 Å². The molecule has 5 nitrogen and oxygen atoms in total. The van der Waals surface area contributed by atoms with Crippen LogP contribution < -0.4 is 11.1 Å². The second kappa shape index (κ2) is 7.63. The summed E-state index contributed by atoms with van der Waals surface area (Å²) in [4.78, 5) is 16.0. The predicted molar refractivity (Wildman–Crippen MR) is 69.8 cm³/mol. The van der Waals surface area contributed by atoms with E-state index in [0.717, 1.165) is 39.1 Å². The zero-order valence-electron chi connectivity index (χ0n) is 11.1. The van der Waals surface area contributed by atoms with E-state index >= 15 is 0 Å². The summed E-state index contributed by atoms with van der Waals surface area (Å²) >= 11 is 0. The molecule has 0 aromatic carbocycles. The van der Waals surface area contributed by atoms with Crippen LogP contribution in [0.2, 0.25) is 0 Å². The minimum Gasteiger partial charge on any atom is -0.368 e. The van der Waals surface area contributed by atoms with Crippen molar-refractivity contribution in [2.24, 2.45) is 5.73 Å². The van der Waals surface area contributed by atoms with Crippen molar-refractivity contribution in [1.82, 2.24) is 15.1 Å². The normalized spacial score (nSPS) is 20.4. The zero-order valence-corrected chi connectivity index (χ0v) is 11.1. The Kier molecular flexibility index (Phi) is 6.47. The lowest BCUT2D eigenvalue weighted by atomic mass is 10.2. The van der Waals surface area contributed by atoms with Gasteiger partial charge in [0.2, 0.25) is 5.91 Å². The average Bonchev–Trinajstić information content (AvgIpc) is 2.32. The number of likely N-dealkylation sites (N-methyl/N-ethyl adjacent to an activating group) is 1. The van der Waals surface area contributed by atoms with Crippen LogP contribution >= 0.6 is 0 Å². The third kappa shape index (κ3) is 5.02. The summed E-state index contributed by atoms with van der Waals surface area (Å²) in [5.74, 6) is -0.253. The molecule has 3 N–H and O–H groups in total. The van der Waals surface area contributed by atoms with Crippen molar-refractivity contribution in [2.75, 3.05) is 46.3 Å². The number of nitrogens with one attached hydrogen (secondary N) is 1. The number of rotatable bonds is 7. The monoisotopic (exact) mass is 242 g/mol. The van der Waals surface area contributed by atoms with Gasteiger partial charge in [0.05, 0.1) is 6.04 Å². The van der Waals surface area contributed by atoms with E-state index < -0.39 is 0 Å². The molecule has 1 aliphatic rings. The molecule has 1 heterocycles. The average molecular weight is 242 g/mol. The molecule has 0 aromatic rings. The number of piperazine rings is 1. The Morgan fingerprint density at radius 1 is 1.24 bits per heavy atom. The van der Waals surface area contributed by atoms with Crippen LogP contribution in [-0.4, -0.2) is 68.1 Å². The van der Waals surface area contributed by atoms with Crippen molar-refractivity contribution in [3.8, 4) is 0 Å². The molecule has 100 valence electrons. The standard InChI is InChI=1S/C12H26N4O/c1-3-5-15-7-9-16(10-8-15)6-4-11(14-2)12(13)17/h11,14H,3-10H2,1-2H3,(H2,13,17). The van der Waals surface area contributed by atoms with Gasteiger partial charge in [-0.05, 0) is 26.4 Å². The smallest absolute Gasteiger partial charge is 0.234 e. The highest BCUT2D eigenvalue weighted by Gasteiger charge is 2.18. The van der Waals surface area contributed by atoms with Gasteiger partial charge in [0.15, 0.2) is 0 Å². The molecule has 5 heteroatoms. The summed E-state index contributed by atoms with van der Waals surface area (Å²) in [6.07, 6.45) is 2.03. The van der Waals surface area contributed by atoms with E-state index in [9.17, 15) is 4.79 Å². The highest BCUT2D eigenvalue weighted by molar-refractivity contribution is 5.79. The third-order valence-corrected chi connectivity index (χ3v) is 3.43. The maximum absolute atomic E-state index is 11.1. The second-order valence-corrected chi connectivity index (χ2v) is 4.72. The van der Waals surface area contributed by atoms with Crippen LogP contribution in [0.3, 0.4) is 0 Å². The zero-order chi connectivity index (χ0) is 12.7. The Morgan fingerprint density at radius 2 is 1.76 bits per heavy atom. The van der Waals surface area contributed by atoms with Crippen LogP contribution in [0.15, 0.2) is 0 Å². The minimum atomic E-state index is -0.253. The second-order valence-electron chi connectivity index (χ2n) is 4.72. The van der Waals surface area contributed by atoms with Crippen molar-refractivity contribution in [3.05, 3.63) is 0 Å². The number of primary amides is 1. The van der Waals surface area contributed by atoms with E-state index in [1.54, 1.807) is 7.05 Å². The number of amides is 1. The fourth-order valence-electron chi connectivity index (χ4n) is 2.29. The van der Waals surface area contributed by atoms with E-state index in [4.69, 9.17) is 5.73 Å². The molecule has 1 saturated heterocycles. The molecule has 0 aromatic heterocycles. The molecule has 0 aliphatic carbocycles. The van der Waals surface area contributed by atoms with Gasteiger partial charge in [-0.15, -0.1) is 0 Å². The van der Waals surface area contributed by atoms with Gasteiger partial charge in [-0.1, -0.05) is 6.92 Å². The maximum Gasteiger partial charge on any atom is 0.234 e. The number of carbonyl (C=O) groups excluding carboxylic acids is 1. The molecule has 0 saturated carbocycles. The van der Waals surface area contributed by atoms with Crippen molar-refractivity contribution in [3.63, 3.8) is 0 Å². The third-order valence-electron chi connectivity index (χ3n) is 3.43. The number of hydrogen-bond acceptors (Lipinski definition) is 4. The molecule has 1 fully saturated rings. The molecule has 1 atom stereocenters. The molecule has 0 radical (unpaired) electrons. The molecule has 17 heavy (non-hydrogen) atoms. The van der Waals surface area contributed by atoms with E-state index in [1.807, 2.05) is 0 Å². The molecule has 0 spiro atoms. The van der Waals surface area contributed by atoms with Gasteiger partial charge in [-0.3, -0.25) is 4.79 Å². The van der Waals surface area contributed by atoms with Crippen LogP contribution in [0.5, 0.6) is 0 Å². The molecular weight excluding hydrogens is 216 g/mol. The Hall–Kier alpha value is -0.650. The van der Waals surface area contributed by atoms with E-state index in [0.29, 0.717) is 0 Å². The maximum atomic E-state index is 11.1. The Labute approximate surface area is 104 Å². The molecule has 1 amide bonds. The van der Waals surface area contributed by atoms with Crippen molar-refractivity contribution >= 4 is 5.91 Å². The van der Waals surface area contributed by atoms with Crippen molar-refractivity contribution in [1.29, 1.82) is 0 Å². The highest BCUT2D eigenvalue weighted by Crippen LogP contribution is 2.04. The summed E-state index contributed by atoms with van der Waals surface area (Å²) in [7, 11) is 1.79. The predicted octanol–water partition coefficient (Wildman–Crippen LogP) is -0.523. The first-order valence-corrected chi connectivity index (χ1v) is 6.58. The van der Waals surface area contributed by atoms with Crippen LogP contribution in [0.1, 0.15) is 19.8 Å². The number of nitrogens with zero attached hydrogens (tertiary/aromatic N) is 2. The van der Waals surface area contributed by atoms with Crippen LogP contribution in [-0.2, 0) is 4.79 Å². The first-order chi connectivity index (χ1) is 8.17. The summed E-state index contributed by atoms with van der Waals surface area (Å²) in [6, 6.07) is -0.191. The summed E-state index contributed by atoms with van der Waals surface area (Å²) < 4.78 is 0. The first kappa shape index (κ1) is 14.4. The highest BCUT2D eigenvalue weighted by atomic mass is 16.1. The summed E-state index contributed by atoms with van der Waals surface area (Å²) in [6.45, 7) is 8.88. The fourth-order valence-corrected chi connectivity index (χ4v) is 2.29. The number of hydrogen-bond donors (Lipinski definition) is 2. The SMILES string of the molecule is CCCN1CCN(CCC(NC)C(N)=O)CC1. The van der Waals surface area contributed by atoms with Crippen LogP contribution in [0, 0.1) is 0 Å². The molecule has 1 unspecified atom stereocenters. The Bertz CT molecular complexity index is 227. The van der Waals surface area contributed by atoms with Gasteiger partial charge in [-0.25, -0.2) is 0 Å². The number of carbonyl (C=O) groups is 1. The number of nitrogens with two attached hydrogens (primary N) is 1. The topological polar surface area (TPSA) is 61.6 Å². The lowest BCUT2D eigenvalue weighted by Crippen LogP contribution is -2.48. The quantitative estimate of drug-likeness (QED) is 0.630. The lowest BCUT2D eigenvalue weighted by molar-refractivity contribution is -0.120. The lowest BCUT2D eigenvalue weighted by Gasteiger charge is -2.34. The Morgan fingerprint density at radius 3 is 2.18 bits per heavy atom. The van der Waals surface area contributed by atoms with Crippen LogP contribution in [0.4, 0.5) is 0 Å². The van der Waals surface area contributed by atoms with Gasteiger partial charge in [0.1, 0.15) is 0 Å². The summed E-state index contributed by atoms with van der Waals surface area (Å²) in [5, 5.41) is 2.96. The summed E-state index contributed by atoms with van der Waals surface area (Å²) in [5.41, 5.74) is 5.30. The van der Waals surface area contributed by atoms with Gasteiger partial charge in [0.25, 0.3) is 0 Å². The fraction of sp³-hybridized carbons (Fsp3) is 0.917. The van der Waals surface area contributed by atoms with Crippen molar-refractivity contribution in [2.45, 2.75) is 25.8 Å². The van der Waals surface area contributed by atoms with Crippen molar-refractivity contribution < 1.29 is 4.79 Å². The van der Waals surface area contributed by atoms with Gasteiger partial charge < -0.3 is 20.9 Å². The molecular formula is C12H26N4O.